The second-order valence-electron chi connectivity index (χ2n) is 8.22. The first-order valence-electron chi connectivity index (χ1n) is 11.1. The molecule has 7 nitrogen and oxygen atoms in total. The number of amides is 3. The Morgan fingerprint density at radius 1 is 1.03 bits per heavy atom. The fourth-order valence-electron chi connectivity index (χ4n) is 4.63. The van der Waals surface area contributed by atoms with E-state index in [9.17, 15) is 18.8 Å². The van der Waals surface area contributed by atoms with Gasteiger partial charge in [-0.05, 0) is 55.5 Å². The molecule has 0 radical (unpaired) electrons. The standard InChI is InChI=1S/C26H21BrFN3O4/c1-2-35-18-12-10-17(11-13-18)30-25(33)21-22(19-8-3-4-9-20(19)28)29-31(23(21)26(30)34)24(32)15-6-5-7-16(27)14-15/h3-14,21-23,29H,2H2,1H3. The van der Waals surface area contributed by atoms with Gasteiger partial charge < -0.3 is 4.74 Å². The molecule has 3 aromatic rings. The van der Waals surface area contributed by atoms with Crippen molar-refractivity contribution in [3.05, 3.63) is 94.2 Å². The Labute approximate surface area is 209 Å². The van der Waals surface area contributed by atoms with Crippen molar-refractivity contribution in [3.8, 4) is 5.75 Å². The van der Waals surface area contributed by atoms with Crippen LogP contribution in [0.4, 0.5) is 10.1 Å². The van der Waals surface area contributed by atoms with Crippen LogP contribution in [0.3, 0.4) is 0 Å². The van der Waals surface area contributed by atoms with Crippen molar-refractivity contribution in [1.82, 2.24) is 10.4 Å². The number of halogens is 2. The predicted octanol–water partition coefficient (Wildman–Crippen LogP) is 4.25. The summed E-state index contributed by atoms with van der Waals surface area (Å²) >= 11 is 3.35. The van der Waals surface area contributed by atoms with E-state index in [0.29, 0.717) is 28.1 Å². The molecule has 9 heteroatoms. The molecule has 0 saturated carbocycles. The van der Waals surface area contributed by atoms with Crippen LogP contribution in [0.5, 0.6) is 5.75 Å². The number of hydrogen-bond donors (Lipinski definition) is 1. The van der Waals surface area contributed by atoms with Gasteiger partial charge in [-0.1, -0.05) is 40.2 Å². The Kier molecular flexibility index (Phi) is 6.12. The molecular weight excluding hydrogens is 517 g/mol. The number of nitrogens with zero attached hydrogens (tertiary/aromatic N) is 2. The van der Waals surface area contributed by atoms with Gasteiger partial charge in [0.05, 0.1) is 24.3 Å². The lowest BCUT2D eigenvalue weighted by molar-refractivity contribution is -0.123. The highest BCUT2D eigenvalue weighted by molar-refractivity contribution is 9.10. The molecule has 2 saturated heterocycles. The molecule has 3 aromatic carbocycles. The number of carbonyl (C=O) groups excluding carboxylic acids is 3. The van der Waals surface area contributed by atoms with E-state index in [1.54, 1.807) is 66.7 Å². The fourth-order valence-corrected chi connectivity index (χ4v) is 5.03. The van der Waals surface area contributed by atoms with Crippen LogP contribution < -0.4 is 15.1 Å². The van der Waals surface area contributed by atoms with Gasteiger partial charge in [0.2, 0.25) is 5.91 Å². The lowest BCUT2D eigenvalue weighted by Crippen LogP contribution is -2.48. The number of carbonyl (C=O) groups is 3. The minimum absolute atomic E-state index is 0.210. The van der Waals surface area contributed by atoms with Gasteiger partial charge in [0, 0.05) is 15.6 Å². The Morgan fingerprint density at radius 3 is 2.46 bits per heavy atom. The number of fused-ring (bicyclic) bond motifs is 1. The summed E-state index contributed by atoms with van der Waals surface area (Å²) < 4.78 is 20.9. The lowest BCUT2D eigenvalue weighted by atomic mass is 9.90. The van der Waals surface area contributed by atoms with Gasteiger partial charge >= 0.3 is 0 Å². The van der Waals surface area contributed by atoms with E-state index in [0.717, 1.165) is 4.90 Å². The summed E-state index contributed by atoms with van der Waals surface area (Å²) in [5.41, 5.74) is 3.86. The highest BCUT2D eigenvalue weighted by Crippen LogP contribution is 2.43. The lowest BCUT2D eigenvalue weighted by Gasteiger charge is -2.25. The molecule has 3 atom stereocenters. The molecule has 0 bridgehead atoms. The number of benzene rings is 3. The van der Waals surface area contributed by atoms with Crippen molar-refractivity contribution < 1.29 is 23.5 Å². The maximum absolute atomic E-state index is 14.8. The zero-order chi connectivity index (χ0) is 24.7. The molecule has 2 heterocycles. The Hall–Kier alpha value is -3.56. The number of imide groups is 1. The van der Waals surface area contributed by atoms with E-state index in [1.807, 2.05) is 6.92 Å². The summed E-state index contributed by atoms with van der Waals surface area (Å²) in [4.78, 5) is 41.8. The van der Waals surface area contributed by atoms with Gasteiger partial charge in [-0.15, -0.1) is 0 Å². The molecule has 3 amide bonds. The predicted molar refractivity (Wildman–Crippen MR) is 130 cm³/mol. The summed E-state index contributed by atoms with van der Waals surface area (Å²) in [5.74, 6) is -2.47. The minimum Gasteiger partial charge on any atom is -0.494 e. The smallest absolute Gasteiger partial charge is 0.268 e. The highest BCUT2D eigenvalue weighted by atomic mass is 79.9. The van der Waals surface area contributed by atoms with Crippen LogP contribution in [0, 0.1) is 11.7 Å². The first-order valence-corrected chi connectivity index (χ1v) is 11.9. The van der Waals surface area contributed by atoms with Crippen LogP contribution in [0.25, 0.3) is 0 Å². The van der Waals surface area contributed by atoms with Gasteiger partial charge in [0.25, 0.3) is 11.8 Å². The summed E-state index contributed by atoms with van der Waals surface area (Å²) in [6.45, 7) is 2.34. The Balaban J connectivity index is 1.56. The Morgan fingerprint density at radius 2 is 1.77 bits per heavy atom. The number of anilines is 1. The van der Waals surface area contributed by atoms with Crippen LogP contribution in [0.1, 0.15) is 28.9 Å². The first-order chi connectivity index (χ1) is 16.9. The van der Waals surface area contributed by atoms with E-state index >= 15 is 0 Å². The Bertz CT molecular complexity index is 1320. The average Bonchev–Trinajstić information content (AvgIpc) is 3.36. The van der Waals surface area contributed by atoms with Crippen LogP contribution in [-0.2, 0) is 9.59 Å². The largest absolute Gasteiger partial charge is 0.494 e. The quantitative estimate of drug-likeness (QED) is 0.492. The monoisotopic (exact) mass is 537 g/mol. The number of nitrogens with one attached hydrogen (secondary N) is 1. The number of hydrogen-bond acceptors (Lipinski definition) is 5. The van der Waals surface area contributed by atoms with Crippen LogP contribution in [0.15, 0.2) is 77.3 Å². The van der Waals surface area contributed by atoms with E-state index in [4.69, 9.17) is 4.74 Å². The maximum Gasteiger partial charge on any atom is 0.268 e. The van der Waals surface area contributed by atoms with E-state index in [1.165, 1.54) is 11.1 Å². The van der Waals surface area contributed by atoms with Gasteiger partial charge in [-0.3, -0.25) is 19.4 Å². The molecular formula is C26H21BrFN3O4. The third-order valence-corrected chi connectivity index (χ3v) is 6.66. The number of ether oxygens (including phenoxy) is 1. The van der Waals surface area contributed by atoms with Crippen molar-refractivity contribution in [2.75, 3.05) is 11.5 Å². The van der Waals surface area contributed by atoms with E-state index in [-0.39, 0.29) is 5.56 Å². The summed E-state index contributed by atoms with van der Waals surface area (Å²) in [7, 11) is 0. The van der Waals surface area contributed by atoms with Crippen molar-refractivity contribution in [1.29, 1.82) is 0 Å². The zero-order valence-corrected chi connectivity index (χ0v) is 20.2. The topological polar surface area (TPSA) is 79.0 Å². The molecule has 1 N–H and O–H groups in total. The van der Waals surface area contributed by atoms with Crippen LogP contribution in [0.2, 0.25) is 0 Å². The van der Waals surface area contributed by atoms with Crippen molar-refractivity contribution in [2.24, 2.45) is 5.92 Å². The summed E-state index contributed by atoms with van der Waals surface area (Å²) in [6.07, 6.45) is 0. The second-order valence-corrected chi connectivity index (χ2v) is 9.14. The molecule has 2 aliphatic rings. The number of hydrazine groups is 1. The zero-order valence-electron chi connectivity index (χ0n) is 18.7. The molecule has 178 valence electrons. The summed E-state index contributed by atoms with van der Waals surface area (Å²) in [6, 6.07) is 17.3. The SMILES string of the molecule is CCOc1ccc(N2C(=O)C3C(c4ccccc4F)NN(C(=O)c4cccc(Br)c4)C3C2=O)cc1. The third-order valence-electron chi connectivity index (χ3n) is 6.17. The molecule has 0 aromatic heterocycles. The van der Waals surface area contributed by atoms with Crippen molar-refractivity contribution in [2.45, 2.75) is 19.0 Å². The molecule has 0 spiro atoms. The third kappa shape index (κ3) is 4.00. The minimum atomic E-state index is -1.13. The van der Waals surface area contributed by atoms with Gasteiger partial charge in [0.15, 0.2) is 0 Å². The van der Waals surface area contributed by atoms with E-state index < -0.39 is 41.5 Å². The van der Waals surface area contributed by atoms with Gasteiger partial charge in [-0.25, -0.2) is 14.7 Å². The fraction of sp³-hybridized carbons (Fsp3) is 0.192. The molecule has 3 unspecified atom stereocenters. The van der Waals surface area contributed by atoms with Gasteiger partial charge in [0.1, 0.15) is 17.6 Å². The molecule has 0 aliphatic carbocycles. The van der Waals surface area contributed by atoms with E-state index in [2.05, 4.69) is 21.4 Å². The highest BCUT2D eigenvalue weighted by Gasteiger charge is 2.60. The van der Waals surface area contributed by atoms with Crippen LogP contribution >= 0.6 is 15.9 Å². The van der Waals surface area contributed by atoms with Crippen molar-refractivity contribution >= 4 is 39.3 Å². The first kappa shape index (κ1) is 23.2. The van der Waals surface area contributed by atoms with Gasteiger partial charge in [-0.2, -0.15) is 0 Å². The normalized spacial score (nSPS) is 21.4. The molecule has 2 aliphatic heterocycles. The second kappa shape index (κ2) is 9.24. The molecule has 2 fully saturated rings. The molecule has 35 heavy (non-hydrogen) atoms. The maximum atomic E-state index is 14.8. The number of rotatable bonds is 5. The van der Waals surface area contributed by atoms with Crippen LogP contribution in [-0.4, -0.2) is 35.4 Å². The average molecular weight is 538 g/mol. The summed E-state index contributed by atoms with van der Waals surface area (Å²) in [5, 5.41) is 1.17. The molecule has 5 rings (SSSR count). The van der Waals surface area contributed by atoms with Crippen molar-refractivity contribution in [3.63, 3.8) is 0 Å².